The van der Waals surface area contributed by atoms with Crippen molar-refractivity contribution >= 4 is 23.1 Å². The lowest BCUT2D eigenvalue weighted by molar-refractivity contribution is 0.731. The molecule has 0 atom stereocenters. The summed E-state index contributed by atoms with van der Waals surface area (Å²) in [6.45, 7) is 2.80. The Morgan fingerprint density at radius 1 is 1.32 bits per heavy atom. The summed E-state index contributed by atoms with van der Waals surface area (Å²) in [7, 11) is 0. The highest BCUT2D eigenvalue weighted by atomic mass is 32.2. The Hall–Kier alpha value is -1.00. The smallest absolute Gasteiger partial charge is 0.303 e. The van der Waals surface area contributed by atoms with Crippen molar-refractivity contribution in [1.82, 2.24) is 4.57 Å². The SMILES string of the molecule is Cc1csc(=O)n1CCSc1ccc2c(c1)CCC2. The predicted molar refractivity (Wildman–Crippen MR) is 82.5 cm³/mol. The molecule has 2 nitrogen and oxygen atoms in total. The van der Waals surface area contributed by atoms with Crippen LogP contribution in [0.4, 0.5) is 0 Å². The van der Waals surface area contributed by atoms with Crippen LogP contribution in [0.2, 0.25) is 0 Å². The van der Waals surface area contributed by atoms with Crippen LogP contribution in [-0.4, -0.2) is 10.3 Å². The van der Waals surface area contributed by atoms with Crippen molar-refractivity contribution in [3.63, 3.8) is 0 Å². The molecular weight excluding hydrogens is 274 g/mol. The van der Waals surface area contributed by atoms with E-state index in [1.807, 2.05) is 28.6 Å². The number of thioether (sulfide) groups is 1. The number of fused-ring (bicyclic) bond motifs is 1. The molecule has 4 heteroatoms. The summed E-state index contributed by atoms with van der Waals surface area (Å²) < 4.78 is 1.87. The van der Waals surface area contributed by atoms with Gasteiger partial charge in [0.25, 0.3) is 0 Å². The zero-order chi connectivity index (χ0) is 13.2. The number of hydrogen-bond acceptors (Lipinski definition) is 3. The third-order valence-corrected chi connectivity index (χ3v) is 5.48. The summed E-state index contributed by atoms with van der Waals surface area (Å²) in [5.74, 6) is 0.955. The highest BCUT2D eigenvalue weighted by Crippen LogP contribution is 2.27. The van der Waals surface area contributed by atoms with Crippen molar-refractivity contribution in [2.45, 2.75) is 37.6 Å². The first-order valence-corrected chi connectivity index (χ1v) is 8.50. The molecular formula is C15H17NOS2. The molecule has 0 spiro atoms. The van der Waals surface area contributed by atoms with Gasteiger partial charge in [-0.1, -0.05) is 17.4 Å². The summed E-state index contributed by atoms with van der Waals surface area (Å²) in [6.07, 6.45) is 3.77. The Labute approximate surface area is 121 Å². The molecule has 1 heterocycles. The van der Waals surface area contributed by atoms with E-state index in [9.17, 15) is 4.79 Å². The molecule has 0 radical (unpaired) electrons. The van der Waals surface area contributed by atoms with Crippen LogP contribution in [0.25, 0.3) is 0 Å². The molecule has 2 aromatic rings. The first-order valence-electron chi connectivity index (χ1n) is 6.63. The molecule has 100 valence electrons. The topological polar surface area (TPSA) is 22.0 Å². The lowest BCUT2D eigenvalue weighted by Crippen LogP contribution is -2.15. The zero-order valence-electron chi connectivity index (χ0n) is 11.0. The van der Waals surface area contributed by atoms with Crippen LogP contribution in [0.5, 0.6) is 0 Å². The van der Waals surface area contributed by atoms with E-state index in [-0.39, 0.29) is 4.87 Å². The van der Waals surface area contributed by atoms with Gasteiger partial charge in [-0.2, -0.15) is 0 Å². The van der Waals surface area contributed by atoms with E-state index in [1.165, 1.54) is 46.6 Å². The second kappa shape index (κ2) is 5.55. The molecule has 1 aromatic heterocycles. The van der Waals surface area contributed by atoms with Gasteiger partial charge in [-0.15, -0.1) is 11.8 Å². The van der Waals surface area contributed by atoms with Gasteiger partial charge in [0, 0.05) is 28.3 Å². The van der Waals surface area contributed by atoms with Gasteiger partial charge < -0.3 is 4.57 Å². The van der Waals surface area contributed by atoms with E-state index in [0.717, 1.165) is 18.0 Å². The first-order chi connectivity index (χ1) is 9.24. The summed E-state index contributed by atoms with van der Waals surface area (Å²) in [5, 5.41) is 1.93. The van der Waals surface area contributed by atoms with Crippen molar-refractivity contribution in [3.05, 3.63) is 50.1 Å². The van der Waals surface area contributed by atoms with Crippen molar-refractivity contribution in [2.75, 3.05) is 5.75 Å². The fourth-order valence-corrected chi connectivity index (χ4v) is 4.23. The fraction of sp³-hybridized carbons (Fsp3) is 0.400. The normalized spacial score (nSPS) is 13.7. The first kappa shape index (κ1) is 13.0. The van der Waals surface area contributed by atoms with Crippen molar-refractivity contribution in [1.29, 1.82) is 0 Å². The van der Waals surface area contributed by atoms with E-state index < -0.39 is 0 Å². The highest BCUT2D eigenvalue weighted by Gasteiger charge is 2.11. The number of thiazole rings is 1. The number of hydrogen-bond donors (Lipinski definition) is 0. The van der Waals surface area contributed by atoms with Crippen LogP contribution in [0, 0.1) is 6.92 Å². The van der Waals surface area contributed by atoms with Gasteiger partial charge in [0.15, 0.2) is 0 Å². The molecule has 0 N–H and O–H groups in total. The summed E-state index contributed by atoms with van der Waals surface area (Å²) in [4.78, 5) is 13.1. The fourth-order valence-electron chi connectivity index (χ4n) is 2.57. The molecule has 0 saturated heterocycles. The Morgan fingerprint density at radius 2 is 2.16 bits per heavy atom. The van der Waals surface area contributed by atoms with E-state index in [4.69, 9.17) is 0 Å². The van der Waals surface area contributed by atoms with Gasteiger partial charge >= 0.3 is 4.87 Å². The highest BCUT2D eigenvalue weighted by molar-refractivity contribution is 7.99. The number of benzene rings is 1. The third kappa shape index (κ3) is 2.79. The molecule has 0 fully saturated rings. The monoisotopic (exact) mass is 291 g/mol. The summed E-state index contributed by atoms with van der Waals surface area (Å²) in [6, 6.07) is 6.82. The van der Waals surface area contributed by atoms with Crippen molar-refractivity contribution < 1.29 is 0 Å². The predicted octanol–water partition coefficient (Wildman–Crippen LogP) is 3.50. The second-order valence-corrected chi connectivity index (χ2v) is 6.92. The molecule has 0 bridgehead atoms. The molecule has 1 aliphatic carbocycles. The molecule has 0 saturated carbocycles. The largest absolute Gasteiger partial charge is 0.307 e. The quantitative estimate of drug-likeness (QED) is 0.804. The van der Waals surface area contributed by atoms with Crippen LogP contribution in [0.3, 0.4) is 0 Å². The maximum absolute atomic E-state index is 11.6. The minimum absolute atomic E-state index is 0.159. The number of rotatable bonds is 4. The van der Waals surface area contributed by atoms with Gasteiger partial charge in [-0.25, -0.2) is 0 Å². The summed E-state index contributed by atoms with van der Waals surface area (Å²) >= 11 is 3.14. The Balaban J connectivity index is 1.62. The minimum Gasteiger partial charge on any atom is -0.303 e. The maximum atomic E-state index is 11.6. The molecule has 19 heavy (non-hydrogen) atoms. The van der Waals surface area contributed by atoms with Crippen LogP contribution in [0.1, 0.15) is 23.2 Å². The van der Waals surface area contributed by atoms with Gasteiger partial charge in [0.2, 0.25) is 0 Å². The van der Waals surface area contributed by atoms with Gasteiger partial charge in [-0.05, 0) is 49.4 Å². The molecule has 3 rings (SSSR count). The molecule has 1 aliphatic rings. The van der Waals surface area contributed by atoms with Gasteiger partial charge in [0.05, 0.1) is 0 Å². The molecule has 0 aliphatic heterocycles. The van der Waals surface area contributed by atoms with Gasteiger partial charge in [-0.3, -0.25) is 4.79 Å². The third-order valence-electron chi connectivity index (χ3n) is 3.63. The van der Waals surface area contributed by atoms with E-state index in [0.29, 0.717) is 0 Å². The second-order valence-electron chi connectivity index (χ2n) is 4.93. The van der Waals surface area contributed by atoms with Crippen LogP contribution < -0.4 is 4.87 Å². The van der Waals surface area contributed by atoms with Crippen molar-refractivity contribution in [3.8, 4) is 0 Å². The lowest BCUT2D eigenvalue weighted by atomic mass is 10.1. The minimum atomic E-state index is 0.159. The number of aromatic nitrogens is 1. The average molecular weight is 291 g/mol. The van der Waals surface area contributed by atoms with Crippen LogP contribution in [-0.2, 0) is 19.4 Å². The number of aryl methyl sites for hydroxylation is 3. The van der Waals surface area contributed by atoms with Crippen LogP contribution >= 0.6 is 23.1 Å². The van der Waals surface area contributed by atoms with Crippen LogP contribution in [0.15, 0.2) is 33.3 Å². The molecule has 0 amide bonds. The summed E-state index contributed by atoms with van der Waals surface area (Å²) in [5.41, 5.74) is 4.12. The van der Waals surface area contributed by atoms with Gasteiger partial charge in [0.1, 0.15) is 0 Å². The molecule has 1 aromatic carbocycles. The molecule has 0 unspecified atom stereocenters. The average Bonchev–Trinajstić information content (AvgIpc) is 2.99. The number of nitrogens with zero attached hydrogens (tertiary/aromatic N) is 1. The van der Waals surface area contributed by atoms with Crippen molar-refractivity contribution in [2.24, 2.45) is 0 Å². The maximum Gasteiger partial charge on any atom is 0.307 e. The lowest BCUT2D eigenvalue weighted by Gasteiger charge is -2.06. The standard InChI is InChI=1S/C15H17NOS2/c1-11-10-19-15(17)16(11)7-8-18-14-6-5-12-3-2-4-13(12)9-14/h5-6,9-10H,2-4,7-8H2,1H3. The zero-order valence-corrected chi connectivity index (χ0v) is 12.6. The van der Waals surface area contributed by atoms with E-state index in [1.54, 1.807) is 0 Å². The van der Waals surface area contributed by atoms with E-state index in [2.05, 4.69) is 18.2 Å². The van der Waals surface area contributed by atoms with E-state index >= 15 is 0 Å². The Morgan fingerprint density at radius 3 is 2.95 bits per heavy atom. The Kier molecular flexibility index (Phi) is 3.80. The Bertz CT molecular complexity index is 642.